The van der Waals surface area contributed by atoms with Crippen LogP contribution in [0.4, 0.5) is 26.3 Å². The quantitative estimate of drug-likeness (QED) is 0.555. The third kappa shape index (κ3) is 4.26. The average molecular weight is 420 g/mol. The van der Waals surface area contributed by atoms with Gasteiger partial charge in [-0.3, -0.25) is 4.40 Å². The summed E-state index contributed by atoms with van der Waals surface area (Å²) in [6.07, 6.45) is -8.37. The molecule has 0 aromatic carbocycles. The van der Waals surface area contributed by atoms with Crippen molar-refractivity contribution in [2.24, 2.45) is 0 Å². The van der Waals surface area contributed by atoms with Crippen LogP contribution in [0.1, 0.15) is 19.7 Å². The summed E-state index contributed by atoms with van der Waals surface area (Å²) in [4.78, 5) is 3.57. The van der Waals surface area contributed by atoms with Gasteiger partial charge in [-0.05, 0) is 32.0 Å². The fourth-order valence-corrected chi connectivity index (χ4v) is 2.41. The number of hydrogen-bond donors (Lipinski definition) is 0. The third-order valence-corrected chi connectivity index (χ3v) is 3.88. The van der Waals surface area contributed by atoms with E-state index in [1.54, 1.807) is 0 Å². The van der Waals surface area contributed by atoms with Gasteiger partial charge < -0.3 is 9.47 Å². The largest absolute Gasteiger partial charge is 0.463 e. The molecule has 3 heterocycles. The van der Waals surface area contributed by atoms with Gasteiger partial charge in [0.05, 0.1) is 6.61 Å². The Kier molecular flexibility index (Phi) is 5.39. The SMILES string of the molecule is CCOC(F)(F)c1nnc2ccc(-c3cnc(O[C@@H](C)C(F)(F)F)c(F)c3)cn12. The minimum Gasteiger partial charge on any atom is -0.463 e. The van der Waals surface area contributed by atoms with Crippen molar-refractivity contribution in [1.82, 2.24) is 19.6 Å². The second kappa shape index (κ2) is 7.50. The summed E-state index contributed by atoms with van der Waals surface area (Å²) >= 11 is 0. The number of aromatic nitrogens is 4. The predicted molar refractivity (Wildman–Crippen MR) is 87.8 cm³/mol. The first-order chi connectivity index (χ1) is 13.5. The van der Waals surface area contributed by atoms with Gasteiger partial charge in [0.15, 0.2) is 17.6 Å². The summed E-state index contributed by atoms with van der Waals surface area (Å²) < 4.78 is 89.8. The Hall–Kier alpha value is -2.89. The second-order valence-electron chi connectivity index (χ2n) is 5.93. The topological polar surface area (TPSA) is 61.5 Å². The van der Waals surface area contributed by atoms with Crippen LogP contribution in [0.3, 0.4) is 0 Å². The van der Waals surface area contributed by atoms with Gasteiger partial charge in [0.2, 0.25) is 5.82 Å². The highest BCUT2D eigenvalue weighted by Crippen LogP contribution is 2.31. The molecule has 0 saturated carbocycles. The van der Waals surface area contributed by atoms with E-state index < -0.39 is 35.9 Å². The lowest BCUT2D eigenvalue weighted by atomic mass is 10.1. The van der Waals surface area contributed by atoms with Crippen LogP contribution in [0.15, 0.2) is 30.6 Å². The fraction of sp³-hybridized carbons (Fsp3) is 0.353. The molecular formula is C17H14F6N4O2. The van der Waals surface area contributed by atoms with Crippen LogP contribution in [0, 0.1) is 5.82 Å². The van der Waals surface area contributed by atoms with E-state index in [9.17, 15) is 26.3 Å². The first-order valence-corrected chi connectivity index (χ1v) is 8.29. The number of halogens is 6. The molecule has 0 spiro atoms. The van der Waals surface area contributed by atoms with Crippen molar-refractivity contribution in [1.29, 1.82) is 0 Å². The molecule has 3 aromatic heterocycles. The Morgan fingerprint density at radius 1 is 1.10 bits per heavy atom. The Balaban J connectivity index is 1.96. The molecule has 29 heavy (non-hydrogen) atoms. The van der Waals surface area contributed by atoms with Crippen LogP contribution in [0.25, 0.3) is 16.8 Å². The van der Waals surface area contributed by atoms with Crippen LogP contribution in [-0.2, 0) is 10.8 Å². The number of rotatable bonds is 6. The zero-order valence-electron chi connectivity index (χ0n) is 15.0. The van der Waals surface area contributed by atoms with Crippen LogP contribution in [-0.4, -0.2) is 38.5 Å². The van der Waals surface area contributed by atoms with Crippen molar-refractivity contribution in [3.05, 3.63) is 42.2 Å². The molecule has 0 fully saturated rings. The summed E-state index contributed by atoms with van der Waals surface area (Å²) in [6.45, 7) is 1.84. The summed E-state index contributed by atoms with van der Waals surface area (Å²) in [6, 6.07) is 3.70. The van der Waals surface area contributed by atoms with Crippen molar-refractivity contribution in [2.45, 2.75) is 32.2 Å². The molecular weight excluding hydrogens is 406 g/mol. The number of fused-ring (bicyclic) bond motifs is 1. The summed E-state index contributed by atoms with van der Waals surface area (Å²) in [5.41, 5.74) is 0.457. The first kappa shape index (κ1) is 20.8. The smallest absolute Gasteiger partial charge is 0.425 e. The molecule has 0 aliphatic rings. The normalized spacial score (nSPS) is 13.7. The molecule has 0 saturated heterocycles. The van der Waals surface area contributed by atoms with E-state index in [-0.39, 0.29) is 23.4 Å². The van der Waals surface area contributed by atoms with Gasteiger partial charge in [-0.2, -0.15) is 22.0 Å². The van der Waals surface area contributed by atoms with Gasteiger partial charge >= 0.3 is 12.3 Å². The highest BCUT2D eigenvalue weighted by molar-refractivity contribution is 5.64. The van der Waals surface area contributed by atoms with Crippen LogP contribution in [0.2, 0.25) is 0 Å². The van der Waals surface area contributed by atoms with E-state index in [1.807, 2.05) is 0 Å². The molecule has 12 heteroatoms. The fourth-order valence-electron chi connectivity index (χ4n) is 2.41. The Morgan fingerprint density at radius 2 is 1.83 bits per heavy atom. The molecule has 0 radical (unpaired) electrons. The number of ether oxygens (including phenoxy) is 2. The summed E-state index contributed by atoms with van der Waals surface area (Å²) in [5, 5.41) is 7.06. The standard InChI is InChI=1S/C17H14F6N4O2/c1-3-28-17(22,23)15-26-25-13-5-4-10(8-27(13)15)11-6-12(18)14(24-7-11)29-9(2)16(19,20)21/h4-9H,3H2,1-2H3/t9-/m0/s1. The Labute approximate surface area is 160 Å². The molecule has 3 aromatic rings. The van der Waals surface area contributed by atoms with Gasteiger partial charge in [-0.1, -0.05) is 0 Å². The molecule has 0 unspecified atom stereocenters. The van der Waals surface area contributed by atoms with Gasteiger partial charge in [0.1, 0.15) is 0 Å². The molecule has 0 bridgehead atoms. The Bertz CT molecular complexity index is 1020. The average Bonchev–Trinajstić information content (AvgIpc) is 3.06. The molecule has 3 rings (SSSR count). The van der Waals surface area contributed by atoms with Crippen molar-refractivity contribution in [3.63, 3.8) is 0 Å². The number of pyridine rings is 2. The maximum atomic E-state index is 14.2. The van der Waals surface area contributed by atoms with E-state index in [4.69, 9.17) is 0 Å². The minimum atomic E-state index is -4.69. The maximum Gasteiger partial charge on any atom is 0.425 e. The van der Waals surface area contributed by atoms with Crippen molar-refractivity contribution in [2.75, 3.05) is 6.61 Å². The van der Waals surface area contributed by atoms with E-state index in [2.05, 4.69) is 24.7 Å². The lowest BCUT2D eigenvalue weighted by Crippen LogP contribution is -2.31. The zero-order chi connectivity index (χ0) is 21.4. The minimum absolute atomic E-state index is 0.0931. The maximum absolute atomic E-state index is 14.2. The number of nitrogens with zero attached hydrogens (tertiary/aromatic N) is 4. The van der Waals surface area contributed by atoms with Gasteiger partial charge in [0.25, 0.3) is 5.88 Å². The van der Waals surface area contributed by atoms with Gasteiger partial charge in [0, 0.05) is 23.5 Å². The van der Waals surface area contributed by atoms with Gasteiger partial charge in [-0.15, -0.1) is 10.2 Å². The molecule has 0 aliphatic heterocycles. The van der Waals surface area contributed by atoms with E-state index in [0.717, 1.165) is 23.6 Å². The number of hydrogen-bond acceptors (Lipinski definition) is 5. The van der Waals surface area contributed by atoms with E-state index >= 15 is 0 Å². The molecule has 0 aliphatic carbocycles. The van der Waals surface area contributed by atoms with Crippen LogP contribution in [0.5, 0.6) is 5.88 Å². The highest BCUT2D eigenvalue weighted by atomic mass is 19.4. The van der Waals surface area contributed by atoms with Crippen molar-refractivity contribution >= 4 is 5.65 Å². The van der Waals surface area contributed by atoms with E-state index in [1.165, 1.54) is 25.3 Å². The lowest BCUT2D eigenvalue weighted by Gasteiger charge is -2.17. The van der Waals surface area contributed by atoms with Crippen LogP contribution < -0.4 is 4.74 Å². The number of alkyl halides is 5. The van der Waals surface area contributed by atoms with E-state index in [0.29, 0.717) is 0 Å². The van der Waals surface area contributed by atoms with Crippen LogP contribution >= 0.6 is 0 Å². The predicted octanol–water partition coefficient (Wildman–Crippen LogP) is 4.35. The zero-order valence-corrected chi connectivity index (χ0v) is 15.0. The molecule has 1 atom stereocenters. The summed E-state index contributed by atoms with van der Waals surface area (Å²) in [7, 11) is 0. The monoisotopic (exact) mass is 420 g/mol. The third-order valence-electron chi connectivity index (χ3n) is 3.88. The molecule has 6 nitrogen and oxygen atoms in total. The molecule has 156 valence electrons. The second-order valence-corrected chi connectivity index (χ2v) is 5.93. The van der Waals surface area contributed by atoms with Crippen molar-refractivity contribution in [3.8, 4) is 17.0 Å². The lowest BCUT2D eigenvalue weighted by molar-refractivity contribution is -0.251. The van der Waals surface area contributed by atoms with Crippen molar-refractivity contribution < 1.29 is 35.8 Å². The molecule has 0 N–H and O–H groups in total. The molecule has 0 amide bonds. The highest BCUT2D eigenvalue weighted by Gasteiger charge is 2.39. The summed E-state index contributed by atoms with van der Waals surface area (Å²) in [5.74, 6) is -2.74. The van der Waals surface area contributed by atoms with Gasteiger partial charge in [-0.25, -0.2) is 9.37 Å². The Morgan fingerprint density at radius 3 is 2.45 bits per heavy atom. The first-order valence-electron chi connectivity index (χ1n) is 8.29.